The Kier molecular flexibility index (Phi) is 3.30. The molecular weight excluding hydrogens is 304 g/mol. The van der Waals surface area contributed by atoms with E-state index in [9.17, 15) is 0 Å². The Labute approximate surface area is 120 Å². The topological polar surface area (TPSA) is 22.4 Å². The van der Waals surface area contributed by atoms with E-state index < -0.39 is 0 Å². The van der Waals surface area contributed by atoms with Crippen molar-refractivity contribution in [1.82, 2.24) is 0 Å². The Morgan fingerprint density at radius 1 is 1.05 bits per heavy atom. The van der Waals surface area contributed by atoms with Crippen LogP contribution in [0.2, 0.25) is 0 Å². The molecule has 96 valence electrons. The number of hydrogen-bond acceptors (Lipinski definition) is 2. The Bertz CT molecular complexity index is 698. The largest absolute Gasteiger partial charge is 0.486 e. The van der Waals surface area contributed by atoms with Crippen molar-refractivity contribution in [3.05, 3.63) is 64.3 Å². The molecule has 0 fully saturated rings. The van der Waals surface area contributed by atoms with Gasteiger partial charge in [0, 0.05) is 9.86 Å². The minimum atomic E-state index is 0.440. The van der Waals surface area contributed by atoms with Crippen LogP contribution in [0.25, 0.3) is 11.0 Å². The molecule has 0 aliphatic carbocycles. The van der Waals surface area contributed by atoms with Crippen molar-refractivity contribution >= 4 is 26.9 Å². The zero-order chi connectivity index (χ0) is 13.2. The Hall–Kier alpha value is -1.74. The molecule has 0 atom stereocenters. The normalized spacial score (nSPS) is 10.8. The van der Waals surface area contributed by atoms with Gasteiger partial charge in [-0.15, -0.1) is 0 Å². The number of ether oxygens (including phenoxy) is 1. The van der Waals surface area contributed by atoms with Crippen molar-refractivity contribution in [2.45, 2.75) is 13.5 Å². The van der Waals surface area contributed by atoms with Crippen molar-refractivity contribution in [2.24, 2.45) is 0 Å². The first-order valence-corrected chi connectivity index (χ1v) is 6.87. The van der Waals surface area contributed by atoms with Crippen LogP contribution in [0.5, 0.6) is 5.75 Å². The van der Waals surface area contributed by atoms with E-state index in [1.165, 1.54) is 5.56 Å². The molecule has 0 saturated carbocycles. The van der Waals surface area contributed by atoms with Crippen LogP contribution in [0.15, 0.2) is 57.4 Å². The van der Waals surface area contributed by atoms with Crippen molar-refractivity contribution in [3.63, 3.8) is 0 Å². The summed E-state index contributed by atoms with van der Waals surface area (Å²) in [6, 6.07) is 16.0. The lowest BCUT2D eigenvalue weighted by Crippen LogP contribution is -1.93. The SMILES string of the molecule is Cc1ccc(OCc2cc3cc(Br)ccc3o2)cc1. The van der Waals surface area contributed by atoms with Crippen LogP contribution >= 0.6 is 15.9 Å². The molecule has 0 radical (unpaired) electrons. The zero-order valence-corrected chi connectivity index (χ0v) is 12.1. The molecule has 0 amide bonds. The predicted molar refractivity (Wildman–Crippen MR) is 79.4 cm³/mol. The van der Waals surface area contributed by atoms with Crippen LogP contribution in [0.3, 0.4) is 0 Å². The summed E-state index contributed by atoms with van der Waals surface area (Å²) in [5.41, 5.74) is 2.10. The standard InChI is InChI=1S/C16H13BrO2/c1-11-2-5-14(6-3-11)18-10-15-9-12-8-13(17)4-7-16(12)19-15/h2-9H,10H2,1H3. The van der Waals surface area contributed by atoms with Crippen molar-refractivity contribution in [1.29, 1.82) is 0 Å². The first kappa shape index (κ1) is 12.3. The van der Waals surface area contributed by atoms with E-state index in [0.29, 0.717) is 6.61 Å². The Morgan fingerprint density at radius 2 is 1.84 bits per heavy atom. The van der Waals surface area contributed by atoms with Crippen molar-refractivity contribution in [3.8, 4) is 5.75 Å². The first-order chi connectivity index (χ1) is 9.20. The average molecular weight is 317 g/mol. The molecule has 0 aliphatic heterocycles. The van der Waals surface area contributed by atoms with E-state index in [1.807, 2.05) is 48.5 Å². The number of rotatable bonds is 3. The van der Waals surface area contributed by atoms with E-state index in [4.69, 9.17) is 9.15 Å². The average Bonchev–Trinajstić information content (AvgIpc) is 2.80. The second kappa shape index (κ2) is 5.10. The molecule has 1 heterocycles. The third kappa shape index (κ3) is 2.82. The first-order valence-electron chi connectivity index (χ1n) is 6.08. The van der Waals surface area contributed by atoms with Gasteiger partial charge in [0.05, 0.1) is 0 Å². The lowest BCUT2D eigenvalue weighted by atomic mass is 10.2. The highest BCUT2D eigenvalue weighted by atomic mass is 79.9. The molecule has 19 heavy (non-hydrogen) atoms. The van der Waals surface area contributed by atoms with Gasteiger partial charge in [0.1, 0.15) is 23.7 Å². The highest BCUT2D eigenvalue weighted by molar-refractivity contribution is 9.10. The molecule has 0 spiro atoms. The molecule has 0 saturated heterocycles. The lowest BCUT2D eigenvalue weighted by Gasteiger charge is -2.03. The molecule has 0 unspecified atom stereocenters. The molecule has 3 aromatic rings. The number of aryl methyl sites for hydroxylation is 1. The number of hydrogen-bond donors (Lipinski definition) is 0. The van der Waals surface area contributed by atoms with Gasteiger partial charge in [-0.3, -0.25) is 0 Å². The van der Waals surface area contributed by atoms with Crippen molar-refractivity contribution < 1.29 is 9.15 Å². The summed E-state index contributed by atoms with van der Waals surface area (Å²) < 4.78 is 12.5. The number of halogens is 1. The fourth-order valence-corrected chi connectivity index (χ4v) is 2.31. The van der Waals surface area contributed by atoms with E-state index >= 15 is 0 Å². The molecule has 3 rings (SSSR count). The van der Waals surface area contributed by atoms with Crippen LogP contribution in [0, 0.1) is 6.92 Å². The van der Waals surface area contributed by atoms with Gasteiger partial charge in [-0.2, -0.15) is 0 Å². The van der Waals surface area contributed by atoms with E-state index in [0.717, 1.165) is 27.0 Å². The summed E-state index contributed by atoms with van der Waals surface area (Å²) in [6.07, 6.45) is 0. The number of fused-ring (bicyclic) bond motifs is 1. The van der Waals surface area contributed by atoms with Crippen LogP contribution in [0.4, 0.5) is 0 Å². The van der Waals surface area contributed by atoms with E-state index in [1.54, 1.807) is 0 Å². The highest BCUT2D eigenvalue weighted by Crippen LogP contribution is 2.24. The molecule has 0 N–H and O–H groups in total. The summed E-state index contributed by atoms with van der Waals surface area (Å²) in [5.74, 6) is 1.68. The van der Waals surface area contributed by atoms with Crippen LogP contribution < -0.4 is 4.74 Å². The maximum atomic E-state index is 5.72. The van der Waals surface area contributed by atoms with Crippen LogP contribution in [-0.2, 0) is 6.61 Å². The second-order valence-electron chi connectivity index (χ2n) is 4.50. The lowest BCUT2D eigenvalue weighted by molar-refractivity contribution is 0.274. The molecule has 1 aromatic heterocycles. The third-order valence-corrected chi connectivity index (χ3v) is 3.42. The van der Waals surface area contributed by atoms with Gasteiger partial charge in [0.15, 0.2) is 0 Å². The van der Waals surface area contributed by atoms with Gasteiger partial charge in [0.25, 0.3) is 0 Å². The van der Waals surface area contributed by atoms with Gasteiger partial charge < -0.3 is 9.15 Å². The summed E-state index contributed by atoms with van der Waals surface area (Å²) in [7, 11) is 0. The molecular formula is C16H13BrO2. The fraction of sp³-hybridized carbons (Fsp3) is 0.125. The summed E-state index contributed by atoms with van der Waals surface area (Å²) >= 11 is 3.45. The Balaban J connectivity index is 1.76. The Morgan fingerprint density at radius 3 is 2.63 bits per heavy atom. The van der Waals surface area contributed by atoms with E-state index in [2.05, 4.69) is 22.9 Å². The van der Waals surface area contributed by atoms with E-state index in [-0.39, 0.29) is 0 Å². The minimum Gasteiger partial charge on any atom is -0.486 e. The predicted octanol–water partition coefficient (Wildman–Crippen LogP) is 5.08. The highest BCUT2D eigenvalue weighted by Gasteiger charge is 2.05. The monoisotopic (exact) mass is 316 g/mol. The third-order valence-electron chi connectivity index (χ3n) is 2.93. The number of furan rings is 1. The fourth-order valence-electron chi connectivity index (χ4n) is 1.93. The van der Waals surface area contributed by atoms with Crippen molar-refractivity contribution in [2.75, 3.05) is 0 Å². The van der Waals surface area contributed by atoms with Gasteiger partial charge in [-0.05, 0) is 43.3 Å². The molecule has 0 aliphatic rings. The quantitative estimate of drug-likeness (QED) is 0.672. The second-order valence-corrected chi connectivity index (χ2v) is 5.41. The molecule has 2 aromatic carbocycles. The number of benzene rings is 2. The smallest absolute Gasteiger partial charge is 0.146 e. The van der Waals surface area contributed by atoms with Gasteiger partial charge in [-0.1, -0.05) is 33.6 Å². The minimum absolute atomic E-state index is 0.440. The van der Waals surface area contributed by atoms with Crippen LogP contribution in [-0.4, -0.2) is 0 Å². The van der Waals surface area contributed by atoms with Crippen LogP contribution in [0.1, 0.15) is 11.3 Å². The zero-order valence-electron chi connectivity index (χ0n) is 10.5. The summed E-state index contributed by atoms with van der Waals surface area (Å²) in [4.78, 5) is 0. The maximum absolute atomic E-state index is 5.72. The van der Waals surface area contributed by atoms with Gasteiger partial charge >= 0.3 is 0 Å². The van der Waals surface area contributed by atoms with Gasteiger partial charge in [-0.25, -0.2) is 0 Å². The maximum Gasteiger partial charge on any atom is 0.146 e. The summed E-state index contributed by atoms with van der Waals surface area (Å²) in [6.45, 7) is 2.50. The molecule has 3 heteroatoms. The summed E-state index contributed by atoms with van der Waals surface area (Å²) in [5, 5.41) is 1.08. The van der Waals surface area contributed by atoms with Gasteiger partial charge in [0.2, 0.25) is 0 Å². The molecule has 2 nitrogen and oxygen atoms in total. The molecule has 0 bridgehead atoms.